The molecule has 2 atom stereocenters. The van der Waals surface area contributed by atoms with Gasteiger partial charge in [0, 0.05) is 25.2 Å². The van der Waals surface area contributed by atoms with E-state index in [0.717, 1.165) is 13.0 Å². The average molecular weight is 254 g/mol. The maximum Gasteiger partial charge on any atom is 0.0695 e. The van der Waals surface area contributed by atoms with E-state index in [2.05, 4.69) is 17.1 Å². The topological polar surface area (TPSA) is 35.5 Å². The second kappa shape index (κ2) is 7.46. The van der Waals surface area contributed by atoms with E-state index in [1.54, 1.807) is 0 Å². The summed E-state index contributed by atoms with van der Waals surface area (Å²) in [5.74, 6) is 0. The van der Waals surface area contributed by atoms with Gasteiger partial charge in [0.25, 0.3) is 0 Å². The van der Waals surface area contributed by atoms with Crippen molar-refractivity contribution in [3.05, 3.63) is 0 Å². The van der Waals surface area contributed by atoms with Gasteiger partial charge in [-0.3, -0.25) is 4.90 Å². The predicted octanol–water partition coefficient (Wildman–Crippen LogP) is 2.14. The fourth-order valence-electron chi connectivity index (χ4n) is 3.48. The van der Waals surface area contributed by atoms with Crippen molar-refractivity contribution in [1.29, 1.82) is 0 Å². The maximum absolute atomic E-state index is 10.3. The molecule has 0 radical (unpaired) electrons. The van der Waals surface area contributed by atoms with Gasteiger partial charge in [0.2, 0.25) is 0 Å². The number of nitrogens with zero attached hydrogens (tertiary/aromatic N) is 1. The van der Waals surface area contributed by atoms with E-state index >= 15 is 0 Å². The summed E-state index contributed by atoms with van der Waals surface area (Å²) in [5.41, 5.74) is 0. The number of nitrogens with one attached hydrogen (secondary N) is 1. The van der Waals surface area contributed by atoms with E-state index in [1.807, 2.05) is 0 Å². The highest BCUT2D eigenvalue weighted by Crippen LogP contribution is 2.25. The molecule has 18 heavy (non-hydrogen) atoms. The van der Waals surface area contributed by atoms with Crippen LogP contribution in [-0.2, 0) is 0 Å². The van der Waals surface area contributed by atoms with Crippen molar-refractivity contribution in [1.82, 2.24) is 10.2 Å². The van der Waals surface area contributed by atoms with Gasteiger partial charge < -0.3 is 10.4 Å². The number of hydrogen-bond acceptors (Lipinski definition) is 3. The first-order chi connectivity index (χ1) is 8.81. The van der Waals surface area contributed by atoms with Gasteiger partial charge in [-0.15, -0.1) is 0 Å². The lowest BCUT2D eigenvalue weighted by atomic mass is 9.98. The van der Waals surface area contributed by atoms with Crippen molar-refractivity contribution in [2.24, 2.45) is 0 Å². The van der Waals surface area contributed by atoms with Crippen LogP contribution < -0.4 is 5.32 Å². The largest absolute Gasteiger partial charge is 0.391 e. The second-order valence-electron chi connectivity index (χ2n) is 6.04. The van der Waals surface area contributed by atoms with Gasteiger partial charge in [-0.05, 0) is 38.6 Å². The van der Waals surface area contributed by atoms with Gasteiger partial charge in [-0.25, -0.2) is 0 Å². The van der Waals surface area contributed by atoms with E-state index in [4.69, 9.17) is 0 Å². The van der Waals surface area contributed by atoms with Crippen LogP contribution in [0.3, 0.4) is 0 Å². The highest BCUT2D eigenvalue weighted by molar-refractivity contribution is 4.86. The minimum absolute atomic E-state index is 0.0762. The van der Waals surface area contributed by atoms with E-state index in [-0.39, 0.29) is 6.10 Å². The van der Waals surface area contributed by atoms with Crippen LogP contribution in [0.1, 0.15) is 58.3 Å². The summed E-state index contributed by atoms with van der Waals surface area (Å²) >= 11 is 0. The lowest BCUT2D eigenvalue weighted by Crippen LogP contribution is -2.50. The van der Waals surface area contributed by atoms with Crippen LogP contribution in [0.2, 0.25) is 0 Å². The van der Waals surface area contributed by atoms with Gasteiger partial charge in [-0.2, -0.15) is 0 Å². The van der Waals surface area contributed by atoms with Gasteiger partial charge >= 0.3 is 0 Å². The number of piperidine rings is 1. The van der Waals surface area contributed by atoms with E-state index in [0.29, 0.717) is 12.1 Å². The zero-order valence-electron chi connectivity index (χ0n) is 11.9. The molecule has 2 rings (SSSR count). The molecule has 106 valence electrons. The summed E-state index contributed by atoms with van der Waals surface area (Å²) in [6.07, 6.45) is 9.69. The van der Waals surface area contributed by atoms with Crippen LogP contribution in [0.15, 0.2) is 0 Å². The molecule has 3 nitrogen and oxygen atoms in total. The van der Waals surface area contributed by atoms with Gasteiger partial charge in [0.15, 0.2) is 0 Å². The van der Waals surface area contributed by atoms with Crippen LogP contribution >= 0.6 is 0 Å². The lowest BCUT2D eigenvalue weighted by molar-refractivity contribution is 0.0290. The summed E-state index contributed by atoms with van der Waals surface area (Å²) in [6.45, 7) is 5.72. The van der Waals surface area contributed by atoms with Crippen molar-refractivity contribution in [3.8, 4) is 0 Å². The number of aliphatic hydroxyl groups is 1. The Morgan fingerprint density at radius 1 is 1.06 bits per heavy atom. The molecule has 2 aliphatic rings. The van der Waals surface area contributed by atoms with Crippen molar-refractivity contribution < 1.29 is 5.11 Å². The van der Waals surface area contributed by atoms with Crippen LogP contribution in [-0.4, -0.2) is 47.8 Å². The standard InChI is InChI=1S/C15H30N2O/c1-2-10-16-13-8-11-17(12-9-13)14-6-4-3-5-7-15(14)18/h13-16,18H,2-12H2,1H3. The Kier molecular flexibility index (Phi) is 5.93. The molecule has 0 bridgehead atoms. The highest BCUT2D eigenvalue weighted by Gasteiger charge is 2.30. The zero-order valence-corrected chi connectivity index (χ0v) is 11.9. The SMILES string of the molecule is CCCNC1CCN(C2CCCCCC2O)CC1. The summed E-state index contributed by atoms with van der Waals surface area (Å²) < 4.78 is 0. The quantitative estimate of drug-likeness (QED) is 0.755. The van der Waals surface area contributed by atoms with Crippen LogP contribution in [0.25, 0.3) is 0 Å². The molecule has 1 saturated carbocycles. The minimum Gasteiger partial charge on any atom is -0.391 e. The molecule has 1 heterocycles. The molecular formula is C15H30N2O. The molecule has 0 aromatic rings. The second-order valence-corrected chi connectivity index (χ2v) is 6.04. The number of aliphatic hydroxyl groups excluding tert-OH is 1. The molecule has 2 N–H and O–H groups in total. The van der Waals surface area contributed by atoms with Crippen molar-refractivity contribution in [2.45, 2.75) is 76.5 Å². The summed E-state index contributed by atoms with van der Waals surface area (Å²) in [7, 11) is 0. The van der Waals surface area contributed by atoms with Crippen LogP contribution in [0.5, 0.6) is 0 Å². The summed E-state index contributed by atoms with van der Waals surface area (Å²) in [6, 6.07) is 1.16. The fourth-order valence-corrected chi connectivity index (χ4v) is 3.48. The molecule has 0 aromatic carbocycles. The first-order valence-electron chi connectivity index (χ1n) is 7.96. The summed E-state index contributed by atoms with van der Waals surface area (Å²) in [4.78, 5) is 2.56. The average Bonchev–Trinajstić information content (AvgIpc) is 2.62. The lowest BCUT2D eigenvalue weighted by Gasteiger charge is -2.39. The van der Waals surface area contributed by atoms with Crippen molar-refractivity contribution in [3.63, 3.8) is 0 Å². The smallest absolute Gasteiger partial charge is 0.0695 e. The molecule has 2 unspecified atom stereocenters. The van der Waals surface area contributed by atoms with Gasteiger partial charge in [0.1, 0.15) is 0 Å². The molecule has 1 aliphatic carbocycles. The Hall–Kier alpha value is -0.120. The Morgan fingerprint density at radius 3 is 2.50 bits per heavy atom. The zero-order chi connectivity index (χ0) is 12.8. The molecule has 0 spiro atoms. The fraction of sp³-hybridized carbons (Fsp3) is 1.00. The number of hydrogen-bond donors (Lipinski definition) is 2. The number of rotatable bonds is 4. The Labute approximate surface area is 112 Å². The molecule has 1 saturated heterocycles. The maximum atomic E-state index is 10.3. The molecule has 0 aromatic heterocycles. The molecule has 2 fully saturated rings. The molecule has 1 aliphatic heterocycles. The first kappa shape index (κ1) is 14.3. The van der Waals surface area contributed by atoms with Crippen molar-refractivity contribution >= 4 is 0 Å². The third kappa shape index (κ3) is 3.94. The molecule has 0 amide bonds. The Bertz CT molecular complexity index is 227. The van der Waals surface area contributed by atoms with Gasteiger partial charge in [0.05, 0.1) is 6.10 Å². The number of likely N-dealkylation sites (tertiary alicyclic amines) is 1. The normalized spacial score (nSPS) is 32.3. The summed E-state index contributed by atoms with van der Waals surface area (Å²) in [5, 5.41) is 13.9. The monoisotopic (exact) mass is 254 g/mol. The molecule has 3 heteroatoms. The Morgan fingerprint density at radius 2 is 1.78 bits per heavy atom. The minimum atomic E-state index is -0.0762. The van der Waals surface area contributed by atoms with Gasteiger partial charge in [-0.1, -0.05) is 26.2 Å². The predicted molar refractivity (Wildman–Crippen MR) is 75.8 cm³/mol. The van der Waals surface area contributed by atoms with Crippen LogP contribution in [0.4, 0.5) is 0 Å². The Balaban J connectivity index is 1.77. The van der Waals surface area contributed by atoms with E-state index < -0.39 is 0 Å². The highest BCUT2D eigenvalue weighted by atomic mass is 16.3. The van der Waals surface area contributed by atoms with Crippen LogP contribution in [0, 0.1) is 0 Å². The van der Waals surface area contributed by atoms with E-state index in [1.165, 1.54) is 58.0 Å². The van der Waals surface area contributed by atoms with Crippen molar-refractivity contribution in [2.75, 3.05) is 19.6 Å². The first-order valence-corrected chi connectivity index (χ1v) is 7.96. The third-order valence-corrected chi connectivity index (χ3v) is 4.63. The van der Waals surface area contributed by atoms with E-state index in [9.17, 15) is 5.11 Å². The third-order valence-electron chi connectivity index (χ3n) is 4.63. The molecular weight excluding hydrogens is 224 g/mol.